The van der Waals surface area contributed by atoms with Gasteiger partial charge in [-0.15, -0.1) is 0 Å². The summed E-state index contributed by atoms with van der Waals surface area (Å²) in [4.78, 5) is 23.0. The largest absolute Gasteiger partial charge is 0.481 e. The van der Waals surface area contributed by atoms with Crippen LogP contribution in [0.15, 0.2) is 0 Å². The molecule has 2 atom stereocenters. The third-order valence-electron chi connectivity index (χ3n) is 4.41. The van der Waals surface area contributed by atoms with Gasteiger partial charge in [0.15, 0.2) is 0 Å². The van der Waals surface area contributed by atoms with Gasteiger partial charge >= 0.3 is 5.97 Å². The predicted octanol–water partition coefficient (Wildman–Crippen LogP) is 0.766. The minimum Gasteiger partial charge on any atom is -0.481 e. The summed E-state index contributed by atoms with van der Waals surface area (Å²) in [7, 11) is 0. The summed E-state index contributed by atoms with van der Waals surface area (Å²) in [6.07, 6.45) is 4.91. The third-order valence-corrected chi connectivity index (χ3v) is 4.41. The molecular formula is C13H21NO4. The lowest BCUT2D eigenvalue weighted by molar-refractivity contribution is -0.146. The van der Waals surface area contributed by atoms with Crippen molar-refractivity contribution < 1.29 is 19.8 Å². The first-order valence-corrected chi connectivity index (χ1v) is 6.69. The summed E-state index contributed by atoms with van der Waals surface area (Å²) < 4.78 is 0. The Morgan fingerprint density at radius 1 is 1.22 bits per heavy atom. The lowest BCUT2D eigenvalue weighted by atomic mass is 9.94. The standard InChI is InChI=1S/C13H21NO4/c15-7-6-13(4-5-13)8-14-11(16)9-2-1-3-10(9)12(17)18/h9-10,15H,1-8H2,(H,14,16)(H,17,18). The number of aliphatic hydroxyl groups excluding tert-OH is 1. The fraction of sp³-hybridized carbons (Fsp3) is 0.846. The Morgan fingerprint density at radius 3 is 2.44 bits per heavy atom. The van der Waals surface area contributed by atoms with E-state index in [9.17, 15) is 9.59 Å². The summed E-state index contributed by atoms with van der Waals surface area (Å²) >= 11 is 0. The van der Waals surface area contributed by atoms with Crippen LogP contribution in [0, 0.1) is 17.3 Å². The molecule has 0 radical (unpaired) electrons. The summed E-state index contributed by atoms with van der Waals surface area (Å²) in [6.45, 7) is 0.728. The van der Waals surface area contributed by atoms with E-state index in [4.69, 9.17) is 10.2 Å². The molecule has 102 valence electrons. The molecule has 0 aromatic carbocycles. The van der Waals surface area contributed by atoms with Crippen molar-refractivity contribution in [3.63, 3.8) is 0 Å². The van der Waals surface area contributed by atoms with E-state index >= 15 is 0 Å². The highest BCUT2D eigenvalue weighted by Crippen LogP contribution is 2.48. The van der Waals surface area contributed by atoms with E-state index in [1.165, 1.54) is 0 Å². The molecule has 0 bridgehead atoms. The number of carbonyl (C=O) groups excluding carboxylic acids is 1. The van der Waals surface area contributed by atoms with Gasteiger partial charge in [0.05, 0.1) is 11.8 Å². The molecule has 18 heavy (non-hydrogen) atoms. The minimum absolute atomic E-state index is 0.0851. The lowest BCUT2D eigenvalue weighted by Crippen LogP contribution is -2.38. The number of rotatable bonds is 6. The smallest absolute Gasteiger partial charge is 0.307 e. The van der Waals surface area contributed by atoms with Crippen LogP contribution >= 0.6 is 0 Å². The zero-order chi connectivity index (χ0) is 13.2. The molecule has 2 aliphatic rings. The van der Waals surface area contributed by atoms with Gasteiger partial charge in [-0.25, -0.2) is 0 Å². The minimum atomic E-state index is -0.857. The van der Waals surface area contributed by atoms with E-state index in [1.807, 2.05) is 0 Å². The van der Waals surface area contributed by atoms with Crippen molar-refractivity contribution >= 4 is 11.9 Å². The fourth-order valence-electron chi connectivity index (χ4n) is 2.90. The normalized spacial score (nSPS) is 28.9. The third kappa shape index (κ3) is 2.83. The first kappa shape index (κ1) is 13.3. The van der Waals surface area contributed by atoms with Crippen molar-refractivity contribution in [3.05, 3.63) is 0 Å². The maximum Gasteiger partial charge on any atom is 0.307 e. The number of carboxylic acids is 1. The average molecular weight is 255 g/mol. The average Bonchev–Trinajstić information content (AvgIpc) is 2.92. The van der Waals surface area contributed by atoms with Gasteiger partial charge in [-0.1, -0.05) is 6.42 Å². The maximum atomic E-state index is 12.0. The first-order valence-electron chi connectivity index (χ1n) is 6.69. The highest BCUT2D eigenvalue weighted by atomic mass is 16.4. The van der Waals surface area contributed by atoms with Crippen LogP contribution in [0.3, 0.4) is 0 Å². The molecule has 0 aliphatic heterocycles. The first-order chi connectivity index (χ1) is 8.58. The number of amides is 1. The Hall–Kier alpha value is -1.10. The predicted molar refractivity (Wildman–Crippen MR) is 64.8 cm³/mol. The number of carbonyl (C=O) groups is 2. The monoisotopic (exact) mass is 255 g/mol. The molecule has 0 saturated heterocycles. The fourth-order valence-corrected chi connectivity index (χ4v) is 2.90. The number of aliphatic hydroxyl groups is 1. The van der Waals surface area contributed by atoms with E-state index in [1.54, 1.807) is 0 Å². The number of carboxylic acid groups (broad SMARTS) is 1. The van der Waals surface area contributed by atoms with Crippen LogP contribution in [0.4, 0.5) is 0 Å². The number of hydrogen-bond acceptors (Lipinski definition) is 3. The van der Waals surface area contributed by atoms with Gasteiger partial charge in [0.2, 0.25) is 5.91 Å². The second kappa shape index (κ2) is 5.26. The number of aliphatic carboxylic acids is 1. The molecular weight excluding hydrogens is 234 g/mol. The van der Waals surface area contributed by atoms with Crippen molar-refractivity contribution in [2.45, 2.75) is 38.5 Å². The van der Waals surface area contributed by atoms with E-state index in [0.29, 0.717) is 19.4 Å². The van der Waals surface area contributed by atoms with Crippen LogP contribution in [-0.2, 0) is 9.59 Å². The molecule has 0 aromatic heterocycles. The van der Waals surface area contributed by atoms with Crippen molar-refractivity contribution in [1.29, 1.82) is 0 Å². The van der Waals surface area contributed by atoms with Crippen LogP contribution in [0.5, 0.6) is 0 Å². The lowest BCUT2D eigenvalue weighted by Gasteiger charge is -2.19. The summed E-state index contributed by atoms with van der Waals surface area (Å²) in [5, 5.41) is 20.9. The SMILES string of the molecule is O=C(O)C1CCCC1C(=O)NCC1(CCO)CC1. The van der Waals surface area contributed by atoms with Crippen LogP contribution in [-0.4, -0.2) is 35.2 Å². The molecule has 2 unspecified atom stereocenters. The van der Waals surface area contributed by atoms with E-state index < -0.39 is 11.9 Å². The van der Waals surface area contributed by atoms with Crippen LogP contribution in [0.2, 0.25) is 0 Å². The van der Waals surface area contributed by atoms with Gasteiger partial charge in [0.1, 0.15) is 0 Å². The molecule has 1 amide bonds. The highest BCUT2D eigenvalue weighted by molar-refractivity contribution is 5.85. The zero-order valence-electron chi connectivity index (χ0n) is 10.5. The molecule has 5 heteroatoms. The number of nitrogens with one attached hydrogen (secondary N) is 1. The Labute approximate surface area is 107 Å². The molecule has 5 nitrogen and oxygen atoms in total. The van der Waals surface area contributed by atoms with E-state index in [0.717, 1.165) is 25.7 Å². The van der Waals surface area contributed by atoms with Crippen molar-refractivity contribution in [2.75, 3.05) is 13.2 Å². The molecule has 2 fully saturated rings. The Morgan fingerprint density at radius 2 is 1.89 bits per heavy atom. The van der Waals surface area contributed by atoms with Gasteiger partial charge < -0.3 is 15.5 Å². The van der Waals surface area contributed by atoms with Gasteiger partial charge in [-0.05, 0) is 37.5 Å². The van der Waals surface area contributed by atoms with Crippen LogP contribution < -0.4 is 5.32 Å². The van der Waals surface area contributed by atoms with E-state index in [2.05, 4.69) is 5.32 Å². The molecule has 2 aliphatic carbocycles. The molecule has 2 rings (SSSR count). The zero-order valence-corrected chi connectivity index (χ0v) is 10.5. The Kier molecular flexibility index (Phi) is 3.90. The molecule has 2 saturated carbocycles. The quantitative estimate of drug-likeness (QED) is 0.654. The maximum absolute atomic E-state index is 12.0. The Balaban J connectivity index is 1.83. The second-order valence-corrected chi connectivity index (χ2v) is 5.67. The topological polar surface area (TPSA) is 86.6 Å². The van der Waals surface area contributed by atoms with Gasteiger partial charge in [-0.2, -0.15) is 0 Å². The second-order valence-electron chi connectivity index (χ2n) is 5.67. The molecule has 0 spiro atoms. The Bertz CT molecular complexity index is 338. The van der Waals surface area contributed by atoms with Gasteiger partial charge in [0, 0.05) is 13.2 Å². The van der Waals surface area contributed by atoms with Crippen molar-refractivity contribution in [2.24, 2.45) is 17.3 Å². The molecule has 0 aromatic rings. The van der Waals surface area contributed by atoms with Crippen molar-refractivity contribution in [1.82, 2.24) is 5.32 Å². The molecule has 0 heterocycles. The van der Waals surface area contributed by atoms with Gasteiger partial charge in [-0.3, -0.25) is 9.59 Å². The van der Waals surface area contributed by atoms with Gasteiger partial charge in [0.25, 0.3) is 0 Å². The van der Waals surface area contributed by atoms with Crippen LogP contribution in [0.1, 0.15) is 38.5 Å². The van der Waals surface area contributed by atoms with E-state index in [-0.39, 0.29) is 23.8 Å². The highest BCUT2D eigenvalue weighted by Gasteiger charge is 2.43. The number of hydrogen-bond donors (Lipinski definition) is 3. The van der Waals surface area contributed by atoms with Crippen LogP contribution in [0.25, 0.3) is 0 Å². The summed E-state index contributed by atoms with van der Waals surface area (Å²) in [5.41, 5.74) is 0.0851. The summed E-state index contributed by atoms with van der Waals surface area (Å²) in [5.74, 6) is -1.86. The van der Waals surface area contributed by atoms with Crippen molar-refractivity contribution in [3.8, 4) is 0 Å². The molecule has 3 N–H and O–H groups in total. The summed E-state index contributed by atoms with van der Waals surface area (Å²) in [6, 6.07) is 0.